The summed E-state index contributed by atoms with van der Waals surface area (Å²) in [6, 6.07) is 14.1. The summed E-state index contributed by atoms with van der Waals surface area (Å²) in [4.78, 5) is 24.4. The van der Waals surface area contributed by atoms with Crippen LogP contribution in [0.4, 0.5) is 5.69 Å². The Labute approximate surface area is 134 Å². The van der Waals surface area contributed by atoms with Crippen molar-refractivity contribution in [2.75, 3.05) is 12.4 Å². The smallest absolute Gasteiger partial charge is 0.255 e. The summed E-state index contributed by atoms with van der Waals surface area (Å²) in [5.41, 5.74) is 1.58. The third kappa shape index (κ3) is 3.88. The molecule has 2 aromatic rings. The van der Waals surface area contributed by atoms with Crippen LogP contribution < -0.4 is 15.4 Å². The molecule has 23 heavy (non-hydrogen) atoms. The van der Waals surface area contributed by atoms with Crippen molar-refractivity contribution in [1.29, 1.82) is 0 Å². The Bertz CT molecular complexity index is 739. The Balaban J connectivity index is 1.72. The quantitative estimate of drug-likeness (QED) is 0.892. The summed E-state index contributed by atoms with van der Waals surface area (Å²) in [7, 11) is 1.57. The van der Waals surface area contributed by atoms with Crippen LogP contribution in [0, 0.1) is 0 Å². The van der Waals surface area contributed by atoms with Gasteiger partial charge in [0.2, 0.25) is 0 Å². The summed E-state index contributed by atoms with van der Waals surface area (Å²) in [5, 5.41) is 5.72. The molecule has 0 atom stereocenters. The third-order valence-electron chi connectivity index (χ3n) is 3.63. The molecule has 0 bridgehead atoms. The van der Waals surface area contributed by atoms with Crippen molar-refractivity contribution in [3.05, 3.63) is 59.7 Å². The largest absolute Gasteiger partial charge is 0.497 e. The zero-order chi connectivity index (χ0) is 16.2. The fourth-order valence-electron chi connectivity index (χ4n) is 2.20. The van der Waals surface area contributed by atoms with E-state index in [-0.39, 0.29) is 17.9 Å². The van der Waals surface area contributed by atoms with E-state index in [1.165, 1.54) is 0 Å². The van der Waals surface area contributed by atoms with Gasteiger partial charge in [-0.25, -0.2) is 0 Å². The molecule has 1 fully saturated rings. The van der Waals surface area contributed by atoms with E-state index in [0.29, 0.717) is 22.6 Å². The minimum Gasteiger partial charge on any atom is -0.497 e. The lowest BCUT2D eigenvalue weighted by atomic mass is 10.1. The van der Waals surface area contributed by atoms with E-state index >= 15 is 0 Å². The lowest BCUT2D eigenvalue weighted by Crippen LogP contribution is -2.25. The molecule has 1 aliphatic carbocycles. The molecule has 0 heterocycles. The van der Waals surface area contributed by atoms with Crippen molar-refractivity contribution in [1.82, 2.24) is 5.32 Å². The standard InChI is InChI=1S/C18H18N2O3/c1-23-16-7-3-6-15(11-16)20-18(22)13-5-2-4-12(10-13)17(21)19-14-8-9-14/h2-7,10-11,14H,8-9H2,1H3,(H,19,21)(H,20,22). The highest BCUT2D eigenvalue weighted by atomic mass is 16.5. The highest BCUT2D eigenvalue weighted by molar-refractivity contribution is 6.06. The van der Waals surface area contributed by atoms with Gasteiger partial charge in [-0.3, -0.25) is 9.59 Å². The minimum atomic E-state index is -0.265. The SMILES string of the molecule is COc1cccc(NC(=O)c2cccc(C(=O)NC3CC3)c2)c1. The van der Waals surface area contributed by atoms with E-state index in [4.69, 9.17) is 4.74 Å². The maximum Gasteiger partial charge on any atom is 0.255 e. The number of ether oxygens (including phenoxy) is 1. The van der Waals surface area contributed by atoms with Crippen LogP contribution in [0.5, 0.6) is 5.75 Å². The Morgan fingerprint density at radius 2 is 1.70 bits per heavy atom. The normalized spacial score (nSPS) is 13.3. The van der Waals surface area contributed by atoms with Crippen LogP contribution in [0.2, 0.25) is 0 Å². The number of methoxy groups -OCH3 is 1. The number of rotatable bonds is 5. The van der Waals surface area contributed by atoms with Gasteiger partial charge < -0.3 is 15.4 Å². The molecular formula is C18H18N2O3. The van der Waals surface area contributed by atoms with E-state index in [0.717, 1.165) is 12.8 Å². The molecule has 0 spiro atoms. The summed E-state index contributed by atoms with van der Waals surface area (Å²) in [6.45, 7) is 0. The van der Waals surface area contributed by atoms with E-state index in [1.54, 1.807) is 55.6 Å². The number of carbonyl (C=O) groups is 2. The molecule has 3 rings (SSSR count). The lowest BCUT2D eigenvalue weighted by molar-refractivity contribution is 0.0951. The first-order chi connectivity index (χ1) is 11.2. The van der Waals surface area contributed by atoms with Crippen LogP contribution in [0.15, 0.2) is 48.5 Å². The van der Waals surface area contributed by atoms with Gasteiger partial charge in [-0.1, -0.05) is 12.1 Å². The van der Waals surface area contributed by atoms with Crippen molar-refractivity contribution in [3.63, 3.8) is 0 Å². The second kappa shape index (κ2) is 6.52. The number of hydrogen-bond donors (Lipinski definition) is 2. The van der Waals surface area contributed by atoms with Crippen LogP contribution in [0.25, 0.3) is 0 Å². The molecule has 2 amide bonds. The second-order valence-electron chi connectivity index (χ2n) is 5.51. The molecule has 2 N–H and O–H groups in total. The average molecular weight is 310 g/mol. The van der Waals surface area contributed by atoms with Crippen molar-refractivity contribution in [2.24, 2.45) is 0 Å². The molecule has 0 unspecified atom stereocenters. The first-order valence-electron chi connectivity index (χ1n) is 7.52. The topological polar surface area (TPSA) is 67.4 Å². The van der Waals surface area contributed by atoms with Crippen molar-refractivity contribution >= 4 is 17.5 Å². The van der Waals surface area contributed by atoms with E-state index in [9.17, 15) is 9.59 Å². The Morgan fingerprint density at radius 3 is 2.39 bits per heavy atom. The molecule has 5 nitrogen and oxygen atoms in total. The first-order valence-corrected chi connectivity index (χ1v) is 7.52. The molecule has 0 saturated heterocycles. The predicted molar refractivity (Wildman–Crippen MR) is 87.9 cm³/mol. The maximum atomic E-state index is 12.3. The van der Waals surface area contributed by atoms with Crippen molar-refractivity contribution < 1.29 is 14.3 Å². The highest BCUT2D eigenvalue weighted by Crippen LogP contribution is 2.20. The van der Waals surface area contributed by atoms with Crippen LogP contribution in [0.1, 0.15) is 33.6 Å². The Kier molecular flexibility index (Phi) is 4.28. The van der Waals surface area contributed by atoms with Crippen molar-refractivity contribution in [2.45, 2.75) is 18.9 Å². The molecule has 0 aromatic heterocycles. The molecule has 1 aliphatic rings. The fraction of sp³-hybridized carbons (Fsp3) is 0.222. The van der Waals surface area contributed by atoms with Gasteiger partial charge in [-0.15, -0.1) is 0 Å². The molecule has 1 saturated carbocycles. The van der Waals surface area contributed by atoms with Gasteiger partial charge in [0, 0.05) is 28.9 Å². The minimum absolute atomic E-state index is 0.136. The fourth-order valence-corrected chi connectivity index (χ4v) is 2.20. The van der Waals surface area contributed by atoms with Crippen LogP contribution in [-0.2, 0) is 0 Å². The van der Waals surface area contributed by atoms with Crippen LogP contribution >= 0.6 is 0 Å². The van der Waals surface area contributed by atoms with Crippen LogP contribution in [-0.4, -0.2) is 25.0 Å². The van der Waals surface area contributed by atoms with Gasteiger partial charge in [0.15, 0.2) is 0 Å². The molecule has 118 valence electrons. The first kappa shape index (κ1) is 15.1. The van der Waals surface area contributed by atoms with Gasteiger partial charge in [0.25, 0.3) is 11.8 Å². The predicted octanol–water partition coefficient (Wildman–Crippen LogP) is 2.84. The van der Waals surface area contributed by atoms with E-state index in [1.807, 2.05) is 0 Å². The highest BCUT2D eigenvalue weighted by Gasteiger charge is 2.24. The Hall–Kier alpha value is -2.82. The van der Waals surface area contributed by atoms with E-state index in [2.05, 4.69) is 10.6 Å². The van der Waals surface area contributed by atoms with E-state index < -0.39 is 0 Å². The van der Waals surface area contributed by atoms with Gasteiger partial charge in [0.05, 0.1) is 7.11 Å². The van der Waals surface area contributed by atoms with Gasteiger partial charge >= 0.3 is 0 Å². The van der Waals surface area contributed by atoms with Gasteiger partial charge in [-0.05, 0) is 43.2 Å². The molecule has 5 heteroatoms. The molecule has 0 aliphatic heterocycles. The third-order valence-corrected chi connectivity index (χ3v) is 3.63. The number of amides is 2. The molecule has 0 radical (unpaired) electrons. The Morgan fingerprint density at radius 1 is 1.00 bits per heavy atom. The number of carbonyl (C=O) groups excluding carboxylic acids is 2. The van der Waals surface area contributed by atoms with Gasteiger partial charge in [0.1, 0.15) is 5.75 Å². The molecule has 2 aromatic carbocycles. The monoisotopic (exact) mass is 310 g/mol. The average Bonchev–Trinajstić information content (AvgIpc) is 3.39. The maximum absolute atomic E-state index is 12.3. The number of hydrogen-bond acceptors (Lipinski definition) is 3. The van der Waals surface area contributed by atoms with Crippen LogP contribution in [0.3, 0.4) is 0 Å². The number of anilines is 1. The lowest BCUT2D eigenvalue weighted by Gasteiger charge is -2.08. The molecular weight excluding hydrogens is 292 g/mol. The second-order valence-corrected chi connectivity index (χ2v) is 5.51. The summed E-state index contributed by atoms with van der Waals surface area (Å²) in [5.74, 6) is 0.267. The summed E-state index contributed by atoms with van der Waals surface area (Å²) >= 11 is 0. The number of nitrogens with one attached hydrogen (secondary N) is 2. The summed E-state index contributed by atoms with van der Waals surface area (Å²) < 4.78 is 5.13. The zero-order valence-electron chi connectivity index (χ0n) is 12.8. The zero-order valence-corrected chi connectivity index (χ0v) is 12.8. The van der Waals surface area contributed by atoms with Gasteiger partial charge in [-0.2, -0.15) is 0 Å². The number of benzene rings is 2. The van der Waals surface area contributed by atoms with Crippen molar-refractivity contribution in [3.8, 4) is 5.75 Å². The summed E-state index contributed by atoms with van der Waals surface area (Å²) in [6.07, 6.45) is 2.06.